The van der Waals surface area contributed by atoms with E-state index in [0.717, 1.165) is 19.3 Å². The minimum absolute atomic E-state index is 0.298. The lowest BCUT2D eigenvalue weighted by Crippen LogP contribution is -2.48. The summed E-state index contributed by atoms with van der Waals surface area (Å²) in [7, 11) is 1.57. The third-order valence-electron chi connectivity index (χ3n) is 4.44. The van der Waals surface area contributed by atoms with E-state index in [4.69, 9.17) is 16.3 Å². The van der Waals surface area contributed by atoms with Crippen LogP contribution in [0.3, 0.4) is 0 Å². The Labute approximate surface area is 158 Å². The largest absolute Gasteiger partial charge is 0.497 e. The molecule has 5 nitrogen and oxygen atoms in total. The number of carbonyl (C=O) groups excluding carboxylic acids is 2. The maximum absolute atomic E-state index is 13.1. The van der Waals surface area contributed by atoms with E-state index in [1.807, 2.05) is 0 Å². The average Bonchev–Trinajstić information content (AvgIpc) is 2.70. The third kappa shape index (κ3) is 3.99. The van der Waals surface area contributed by atoms with Crippen LogP contribution < -0.4 is 9.64 Å². The summed E-state index contributed by atoms with van der Waals surface area (Å²) < 4.78 is 5.14. The van der Waals surface area contributed by atoms with Crippen molar-refractivity contribution >= 4 is 29.2 Å². The van der Waals surface area contributed by atoms with Crippen molar-refractivity contribution in [1.82, 2.24) is 4.90 Å². The molecule has 1 aliphatic heterocycles. The minimum Gasteiger partial charge on any atom is -0.497 e. The Morgan fingerprint density at radius 3 is 2.15 bits per heavy atom. The van der Waals surface area contributed by atoms with E-state index in [-0.39, 0.29) is 11.9 Å². The van der Waals surface area contributed by atoms with Crippen molar-refractivity contribution in [2.45, 2.75) is 19.3 Å². The summed E-state index contributed by atoms with van der Waals surface area (Å²) in [4.78, 5) is 29.2. The van der Waals surface area contributed by atoms with Gasteiger partial charge in [-0.15, -0.1) is 0 Å². The normalized spacial score (nSPS) is 14.0. The highest BCUT2D eigenvalue weighted by molar-refractivity contribution is 6.30. The van der Waals surface area contributed by atoms with E-state index in [9.17, 15) is 9.59 Å². The van der Waals surface area contributed by atoms with Crippen molar-refractivity contribution in [3.8, 4) is 5.75 Å². The van der Waals surface area contributed by atoms with Crippen LogP contribution in [-0.2, 0) is 0 Å². The molecule has 0 atom stereocenters. The smallest absolute Gasteiger partial charge is 0.331 e. The Morgan fingerprint density at radius 1 is 0.962 bits per heavy atom. The molecule has 1 aliphatic rings. The second kappa shape index (κ2) is 8.23. The lowest BCUT2D eigenvalue weighted by molar-refractivity contribution is 0.0983. The summed E-state index contributed by atoms with van der Waals surface area (Å²) in [6, 6.07) is 13.2. The molecule has 2 aromatic rings. The summed E-state index contributed by atoms with van der Waals surface area (Å²) in [6.07, 6.45) is 3.02. The van der Waals surface area contributed by atoms with Crippen LogP contribution >= 0.6 is 11.6 Å². The molecule has 1 heterocycles. The molecular formula is C20H21ClN2O3. The predicted octanol–water partition coefficient (Wildman–Crippen LogP) is 4.60. The number of hydrogen-bond donors (Lipinski definition) is 0. The van der Waals surface area contributed by atoms with Gasteiger partial charge in [0.1, 0.15) is 5.75 Å². The highest BCUT2D eigenvalue weighted by Gasteiger charge is 2.29. The standard InChI is InChI=1S/C20H21ClN2O3/c1-26-18-11-5-15(6-12-18)19(24)23(17-9-7-16(21)8-10-17)20(25)22-13-3-2-4-14-22/h5-12H,2-4,13-14H2,1H3. The monoisotopic (exact) mass is 372 g/mol. The van der Waals surface area contributed by atoms with E-state index in [1.165, 1.54) is 4.90 Å². The molecule has 0 spiro atoms. The van der Waals surface area contributed by atoms with E-state index in [0.29, 0.717) is 35.1 Å². The van der Waals surface area contributed by atoms with Gasteiger partial charge in [-0.1, -0.05) is 11.6 Å². The Morgan fingerprint density at radius 2 is 1.58 bits per heavy atom. The van der Waals surface area contributed by atoms with Crippen molar-refractivity contribution in [2.24, 2.45) is 0 Å². The number of nitrogens with zero attached hydrogens (tertiary/aromatic N) is 2. The molecule has 3 rings (SSSR count). The number of methoxy groups -OCH3 is 1. The lowest BCUT2D eigenvalue weighted by atomic mass is 10.1. The highest BCUT2D eigenvalue weighted by Crippen LogP contribution is 2.24. The van der Waals surface area contributed by atoms with Crippen molar-refractivity contribution in [3.05, 3.63) is 59.1 Å². The number of carbonyl (C=O) groups is 2. The molecule has 1 saturated heterocycles. The fourth-order valence-corrected chi connectivity index (χ4v) is 3.12. The number of urea groups is 1. The van der Waals surface area contributed by atoms with Crippen molar-refractivity contribution < 1.29 is 14.3 Å². The Kier molecular flexibility index (Phi) is 5.78. The first kappa shape index (κ1) is 18.3. The molecule has 0 saturated carbocycles. The molecular weight excluding hydrogens is 352 g/mol. The molecule has 136 valence electrons. The van der Waals surface area contributed by atoms with E-state index in [1.54, 1.807) is 60.5 Å². The number of benzene rings is 2. The first-order valence-electron chi connectivity index (χ1n) is 8.63. The number of ether oxygens (including phenoxy) is 1. The van der Waals surface area contributed by atoms with Gasteiger partial charge in [0.25, 0.3) is 5.91 Å². The van der Waals surface area contributed by atoms with Crippen LogP contribution in [0, 0.1) is 0 Å². The molecule has 0 radical (unpaired) electrons. The summed E-state index contributed by atoms with van der Waals surface area (Å²) in [5.41, 5.74) is 0.928. The van der Waals surface area contributed by atoms with Gasteiger partial charge in [0.05, 0.1) is 12.8 Å². The summed E-state index contributed by atoms with van der Waals surface area (Å²) >= 11 is 5.96. The Bertz CT molecular complexity index is 769. The maximum atomic E-state index is 13.1. The van der Waals surface area contributed by atoms with Crippen molar-refractivity contribution in [1.29, 1.82) is 0 Å². The molecule has 0 N–H and O–H groups in total. The molecule has 3 amide bonds. The summed E-state index contributed by atoms with van der Waals surface area (Å²) in [6.45, 7) is 1.33. The number of imide groups is 1. The number of rotatable bonds is 3. The quantitative estimate of drug-likeness (QED) is 0.791. The Hall–Kier alpha value is -2.53. The number of likely N-dealkylation sites (tertiary alicyclic amines) is 1. The number of piperidine rings is 1. The fraction of sp³-hybridized carbons (Fsp3) is 0.300. The Balaban J connectivity index is 1.94. The SMILES string of the molecule is COc1ccc(C(=O)N(C(=O)N2CCCCC2)c2ccc(Cl)cc2)cc1. The van der Waals surface area contributed by atoms with Crippen LogP contribution in [0.2, 0.25) is 5.02 Å². The van der Waals surface area contributed by atoms with Crippen molar-refractivity contribution in [2.75, 3.05) is 25.1 Å². The second-order valence-electron chi connectivity index (χ2n) is 6.18. The number of halogens is 1. The highest BCUT2D eigenvalue weighted by atomic mass is 35.5. The predicted molar refractivity (Wildman–Crippen MR) is 102 cm³/mol. The zero-order valence-corrected chi connectivity index (χ0v) is 15.4. The third-order valence-corrected chi connectivity index (χ3v) is 4.69. The van der Waals surface area contributed by atoms with Gasteiger partial charge in [-0.05, 0) is 67.8 Å². The number of amides is 3. The van der Waals surface area contributed by atoms with Crippen LogP contribution in [0.25, 0.3) is 0 Å². The molecule has 0 bridgehead atoms. The van der Waals surface area contributed by atoms with E-state index < -0.39 is 0 Å². The molecule has 2 aromatic carbocycles. The first-order valence-corrected chi connectivity index (χ1v) is 9.01. The van der Waals surface area contributed by atoms with Crippen LogP contribution in [0.4, 0.5) is 10.5 Å². The number of anilines is 1. The van der Waals surface area contributed by atoms with Crippen molar-refractivity contribution in [3.63, 3.8) is 0 Å². The average molecular weight is 373 g/mol. The van der Waals surface area contributed by atoms with Crippen LogP contribution in [0.1, 0.15) is 29.6 Å². The van der Waals surface area contributed by atoms with Gasteiger partial charge in [-0.3, -0.25) is 4.79 Å². The maximum Gasteiger partial charge on any atom is 0.331 e. The van der Waals surface area contributed by atoms with Crippen LogP contribution in [-0.4, -0.2) is 37.0 Å². The van der Waals surface area contributed by atoms with Gasteiger partial charge in [-0.25, -0.2) is 9.69 Å². The zero-order chi connectivity index (χ0) is 18.5. The minimum atomic E-state index is -0.370. The first-order chi connectivity index (χ1) is 12.6. The van der Waals surface area contributed by atoms with Gasteiger partial charge < -0.3 is 9.64 Å². The molecule has 6 heteroatoms. The van der Waals surface area contributed by atoms with E-state index in [2.05, 4.69) is 0 Å². The molecule has 1 fully saturated rings. The summed E-state index contributed by atoms with van der Waals surface area (Å²) in [5, 5.41) is 0.552. The lowest BCUT2D eigenvalue weighted by Gasteiger charge is -2.32. The van der Waals surface area contributed by atoms with Gasteiger partial charge in [-0.2, -0.15) is 0 Å². The van der Waals surface area contributed by atoms with Gasteiger partial charge in [0.2, 0.25) is 0 Å². The van der Waals surface area contributed by atoms with Crippen LogP contribution in [0.15, 0.2) is 48.5 Å². The second-order valence-corrected chi connectivity index (χ2v) is 6.61. The van der Waals surface area contributed by atoms with Crippen LogP contribution in [0.5, 0.6) is 5.75 Å². The number of hydrogen-bond acceptors (Lipinski definition) is 3. The molecule has 0 unspecified atom stereocenters. The van der Waals surface area contributed by atoms with Gasteiger partial charge >= 0.3 is 6.03 Å². The van der Waals surface area contributed by atoms with E-state index >= 15 is 0 Å². The molecule has 0 aromatic heterocycles. The topological polar surface area (TPSA) is 49.9 Å². The van der Waals surface area contributed by atoms with Gasteiger partial charge in [0.15, 0.2) is 0 Å². The summed E-state index contributed by atoms with van der Waals surface area (Å²) in [5.74, 6) is 0.285. The van der Waals surface area contributed by atoms with Gasteiger partial charge in [0, 0.05) is 23.7 Å². The fourth-order valence-electron chi connectivity index (χ4n) is 2.99. The molecule has 0 aliphatic carbocycles. The zero-order valence-electron chi connectivity index (χ0n) is 14.7. The molecule has 26 heavy (non-hydrogen) atoms.